The highest BCUT2D eigenvalue weighted by molar-refractivity contribution is 6.32. The van der Waals surface area contributed by atoms with Gasteiger partial charge in [0.05, 0.1) is 30.9 Å². The Morgan fingerprint density at radius 3 is 2.62 bits per heavy atom. The molecule has 0 saturated heterocycles. The number of ether oxygens (including phenoxy) is 3. The molecule has 0 spiro atoms. The van der Waals surface area contributed by atoms with E-state index in [1.807, 2.05) is 30.3 Å². The fourth-order valence-electron chi connectivity index (χ4n) is 1.84. The third-order valence-corrected chi connectivity index (χ3v) is 3.16. The van der Waals surface area contributed by atoms with Gasteiger partial charge in [0.1, 0.15) is 12.4 Å². The van der Waals surface area contributed by atoms with Crippen molar-refractivity contribution in [1.82, 2.24) is 0 Å². The summed E-state index contributed by atoms with van der Waals surface area (Å²) >= 11 is 6.14. The predicted molar refractivity (Wildman–Crippen MR) is 80.0 cm³/mol. The lowest BCUT2D eigenvalue weighted by Crippen LogP contribution is -1.99. The number of methoxy groups -OCH3 is 2. The fraction of sp³-hybridized carbons (Fsp3) is 0.188. The molecule has 0 unspecified atom stereocenters. The van der Waals surface area contributed by atoms with E-state index in [1.165, 1.54) is 7.11 Å². The van der Waals surface area contributed by atoms with Gasteiger partial charge in [-0.05, 0) is 23.8 Å². The van der Waals surface area contributed by atoms with E-state index < -0.39 is 0 Å². The minimum absolute atomic E-state index is 0.319. The second-order valence-electron chi connectivity index (χ2n) is 4.24. The molecule has 0 aliphatic heterocycles. The minimum Gasteiger partial charge on any atom is -0.497 e. The van der Waals surface area contributed by atoms with Crippen molar-refractivity contribution in [3.63, 3.8) is 0 Å². The molecule has 0 saturated carbocycles. The summed E-state index contributed by atoms with van der Waals surface area (Å²) in [7, 11) is 3.12. The van der Waals surface area contributed by atoms with Gasteiger partial charge in [-0.1, -0.05) is 23.7 Å². The van der Waals surface area contributed by atoms with Crippen LogP contribution in [0.2, 0.25) is 5.02 Å². The summed E-state index contributed by atoms with van der Waals surface area (Å²) in [5.74, 6) is 1.61. The van der Waals surface area contributed by atoms with Crippen molar-refractivity contribution in [3.05, 3.63) is 52.5 Å². The van der Waals surface area contributed by atoms with E-state index in [4.69, 9.17) is 31.1 Å². The fourth-order valence-corrected chi connectivity index (χ4v) is 2.11. The van der Waals surface area contributed by atoms with Crippen LogP contribution < -0.4 is 14.2 Å². The summed E-state index contributed by atoms with van der Waals surface area (Å²) < 4.78 is 16.1. The zero-order chi connectivity index (χ0) is 15.2. The molecular formula is C16H14ClNO3. The number of rotatable bonds is 5. The summed E-state index contributed by atoms with van der Waals surface area (Å²) in [4.78, 5) is 0. The van der Waals surface area contributed by atoms with Crippen LogP contribution in [0.5, 0.6) is 17.2 Å². The summed E-state index contributed by atoms with van der Waals surface area (Å²) in [5.41, 5.74) is 1.36. The highest BCUT2D eigenvalue weighted by Gasteiger charge is 2.12. The van der Waals surface area contributed by atoms with Crippen molar-refractivity contribution in [3.8, 4) is 23.3 Å². The minimum atomic E-state index is 0.319. The molecule has 0 fully saturated rings. The molecule has 108 valence electrons. The van der Waals surface area contributed by atoms with Gasteiger partial charge in [-0.2, -0.15) is 5.26 Å². The Morgan fingerprint density at radius 2 is 1.95 bits per heavy atom. The molecule has 0 radical (unpaired) electrons. The highest BCUT2D eigenvalue weighted by Crippen LogP contribution is 2.36. The van der Waals surface area contributed by atoms with Crippen LogP contribution >= 0.6 is 11.6 Å². The standard InChI is InChI=1S/C16H14ClNO3/c1-19-13-5-3-4-11(6-13)10-21-16-14(17)7-12(9-18)8-15(16)20-2/h3-8H,10H2,1-2H3. The van der Waals surface area contributed by atoms with Gasteiger partial charge in [-0.25, -0.2) is 0 Å². The van der Waals surface area contributed by atoms with E-state index in [0.29, 0.717) is 28.7 Å². The second-order valence-corrected chi connectivity index (χ2v) is 4.65. The van der Waals surface area contributed by atoms with Gasteiger partial charge >= 0.3 is 0 Å². The Balaban J connectivity index is 2.21. The number of halogens is 1. The first-order chi connectivity index (χ1) is 10.2. The lowest BCUT2D eigenvalue weighted by Gasteiger charge is -2.13. The Hall–Kier alpha value is -2.38. The van der Waals surface area contributed by atoms with Gasteiger partial charge in [-0.15, -0.1) is 0 Å². The third-order valence-electron chi connectivity index (χ3n) is 2.88. The maximum absolute atomic E-state index is 8.92. The first kappa shape index (κ1) is 15.0. The Labute approximate surface area is 128 Å². The molecule has 5 heteroatoms. The average Bonchev–Trinajstić information content (AvgIpc) is 2.53. The monoisotopic (exact) mass is 303 g/mol. The van der Waals surface area contributed by atoms with Crippen molar-refractivity contribution in [2.75, 3.05) is 14.2 Å². The molecule has 2 aromatic rings. The number of benzene rings is 2. The molecule has 0 heterocycles. The Morgan fingerprint density at radius 1 is 1.14 bits per heavy atom. The van der Waals surface area contributed by atoms with Crippen LogP contribution in [0.3, 0.4) is 0 Å². The SMILES string of the molecule is COc1cccc(COc2c(Cl)cc(C#N)cc2OC)c1. The second kappa shape index (κ2) is 6.87. The largest absolute Gasteiger partial charge is 0.497 e. The summed E-state index contributed by atoms with van der Waals surface area (Å²) in [6, 6.07) is 12.7. The van der Waals surface area contributed by atoms with Gasteiger partial charge in [0.25, 0.3) is 0 Å². The van der Waals surface area contributed by atoms with Crippen molar-refractivity contribution in [2.45, 2.75) is 6.61 Å². The van der Waals surface area contributed by atoms with E-state index in [2.05, 4.69) is 0 Å². The predicted octanol–water partition coefficient (Wildman–Crippen LogP) is 3.81. The van der Waals surface area contributed by atoms with Gasteiger partial charge in [0.15, 0.2) is 11.5 Å². The van der Waals surface area contributed by atoms with E-state index in [1.54, 1.807) is 19.2 Å². The summed E-state index contributed by atoms with van der Waals surface area (Å²) in [6.45, 7) is 0.319. The summed E-state index contributed by atoms with van der Waals surface area (Å²) in [5, 5.41) is 9.26. The molecule has 4 nitrogen and oxygen atoms in total. The van der Waals surface area contributed by atoms with Crippen LogP contribution in [0.4, 0.5) is 0 Å². The zero-order valence-electron chi connectivity index (χ0n) is 11.7. The normalized spacial score (nSPS) is 9.81. The lowest BCUT2D eigenvalue weighted by atomic mass is 10.2. The maximum atomic E-state index is 8.92. The van der Waals surface area contributed by atoms with Gasteiger partial charge in [0, 0.05) is 6.07 Å². The molecule has 0 amide bonds. The van der Waals surface area contributed by atoms with Gasteiger partial charge in [-0.3, -0.25) is 0 Å². The average molecular weight is 304 g/mol. The van der Waals surface area contributed by atoms with Crippen LogP contribution in [0.1, 0.15) is 11.1 Å². The topological polar surface area (TPSA) is 51.5 Å². The quantitative estimate of drug-likeness (QED) is 0.843. The van der Waals surface area contributed by atoms with Crippen LogP contribution in [0.15, 0.2) is 36.4 Å². The first-order valence-electron chi connectivity index (χ1n) is 6.21. The van der Waals surface area contributed by atoms with E-state index >= 15 is 0 Å². The van der Waals surface area contributed by atoms with Crippen molar-refractivity contribution < 1.29 is 14.2 Å². The molecule has 0 bridgehead atoms. The van der Waals surface area contributed by atoms with E-state index in [0.717, 1.165) is 11.3 Å². The van der Waals surface area contributed by atoms with E-state index in [9.17, 15) is 0 Å². The molecule has 2 aromatic carbocycles. The molecule has 0 atom stereocenters. The van der Waals surface area contributed by atoms with Crippen LogP contribution in [0, 0.1) is 11.3 Å². The molecule has 21 heavy (non-hydrogen) atoms. The molecule has 2 rings (SSSR count). The molecule has 0 aliphatic rings. The van der Waals surface area contributed by atoms with Gasteiger partial charge in [0.2, 0.25) is 0 Å². The Bertz CT molecular complexity index is 680. The number of nitriles is 1. The Kier molecular flexibility index (Phi) is 4.91. The number of nitrogens with zero attached hydrogens (tertiary/aromatic N) is 1. The van der Waals surface area contributed by atoms with Crippen LogP contribution in [-0.2, 0) is 6.61 Å². The smallest absolute Gasteiger partial charge is 0.180 e. The number of hydrogen-bond acceptors (Lipinski definition) is 4. The van der Waals surface area contributed by atoms with Crippen molar-refractivity contribution >= 4 is 11.6 Å². The van der Waals surface area contributed by atoms with Crippen molar-refractivity contribution in [1.29, 1.82) is 5.26 Å². The van der Waals surface area contributed by atoms with Crippen LogP contribution in [-0.4, -0.2) is 14.2 Å². The summed E-state index contributed by atoms with van der Waals surface area (Å²) in [6.07, 6.45) is 0. The van der Waals surface area contributed by atoms with E-state index in [-0.39, 0.29) is 0 Å². The molecule has 0 aromatic heterocycles. The maximum Gasteiger partial charge on any atom is 0.180 e. The molecule has 0 N–H and O–H groups in total. The van der Waals surface area contributed by atoms with Crippen LogP contribution in [0.25, 0.3) is 0 Å². The first-order valence-corrected chi connectivity index (χ1v) is 6.59. The highest BCUT2D eigenvalue weighted by atomic mass is 35.5. The van der Waals surface area contributed by atoms with Crippen molar-refractivity contribution in [2.24, 2.45) is 0 Å². The lowest BCUT2D eigenvalue weighted by molar-refractivity contribution is 0.284. The molecule has 0 aliphatic carbocycles. The molecular weight excluding hydrogens is 290 g/mol. The van der Waals surface area contributed by atoms with Gasteiger partial charge < -0.3 is 14.2 Å². The zero-order valence-corrected chi connectivity index (χ0v) is 12.5. The number of hydrogen-bond donors (Lipinski definition) is 0. The third kappa shape index (κ3) is 3.59.